The van der Waals surface area contributed by atoms with Crippen LogP contribution in [0.4, 0.5) is 13.2 Å². The summed E-state index contributed by atoms with van der Waals surface area (Å²) < 4.78 is 43.2. The molecule has 0 heterocycles. The van der Waals surface area contributed by atoms with Gasteiger partial charge in [0.25, 0.3) is 5.91 Å². The minimum Gasteiger partial charge on any atom is -0.483 e. The first-order valence-electron chi connectivity index (χ1n) is 6.15. The monoisotopic (exact) mass is 351 g/mol. The van der Waals surface area contributed by atoms with Crippen molar-refractivity contribution in [3.05, 3.63) is 28.2 Å². The van der Waals surface area contributed by atoms with Crippen LogP contribution >= 0.6 is 15.9 Å². The zero-order valence-corrected chi connectivity index (χ0v) is 12.1. The highest BCUT2D eigenvalue weighted by atomic mass is 79.9. The summed E-state index contributed by atoms with van der Waals surface area (Å²) in [7, 11) is 0. The van der Waals surface area contributed by atoms with Gasteiger partial charge < -0.3 is 10.1 Å². The fourth-order valence-corrected chi connectivity index (χ4v) is 2.12. The number of ether oxygens (including phenoxy) is 1. The second-order valence-electron chi connectivity index (χ2n) is 4.63. The van der Waals surface area contributed by atoms with Crippen molar-refractivity contribution < 1.29 is 22.7 Å². The van der Waals surface area contributed by atoms with Crippen molar-refractivity contribution in [3.8, 4) is 5.75 Å². The molecule has 3 nitrogen and oxygen atoms in total. The molecular weight excluding hydrogens is 339 g/mol. The predicted molar refractivity (Wildman–Crippen MR) is 70.4 cm³/mol. The summed E-state index contributed by atoms with van der Waals surface area (Å²) in [6.07, 6.45) is -1.46. The topological polar surface area (TPSA) is 38.3 Å². The summed E-state index contributed by atoms with van der Waals surface area (Å²) in [5, 5.41) is 2.75. The fourth-order valence-electron chi connectivity index (χ4n) is 1.76. The molecule has 0 atom stereocenters. The third-order valence-corrected chi connectivity index (χ3v) is 3.74. The second kappa shape index (κ2) is 6.03. The van der Waals surface area contributed by atoms with Crippen molar-refractivity contribution in [2.75, 3.05) is 6.61 Å². The number of amides is 1. The van der Waals surface area contributed by atoms with E-state index < -0.39 is 11.7 Å². The van der Waals surface area contributed by atoms with E-state index in [-0.39, 0.29) is 24.3 Å². The van der Waals surface area contributed by atoms with Gasteiger partial charge in [-0.15, -0.1) is 0 Å². The van der Waals surface area contributed by atoms with Crippen molar-refractivity contribution in [3.63, 3.8) is 0 Å². The minimum absolute atomic E-state index is 0.00332. The van der Waals surface area contributed by atoms with E-state index in [0.29, 0.717) is 4.47 Å². The minimum atomic E-state index is -4.44. The van der Waals surface area contributed by atoms with Gasteiger partial charge >= 0.3 is 6.18 Å². The Bertz CT molecular complexity index is 501. The number of nitrogens with one attached hydrogen (secondary N) is 1. The fraction of sp³-hybridized carbons (Fsp3) is 0.462. The SMILES string of the molecule is O=C(COc1cc(C(F)(F)F)ccc1Br)NC1CCC1. The van der Waals surface area contributed by atoms with Crippen LogP contribution in [0.5, 0.6) is 5.75 Å². The van der Waals surface area contributed by atoms with E-state index in [9.17, 15) is 18.0 Å². The van der Waals surface area contributed by atoms with Gasteiger partial charge in [0.1, 0.15) is 5.75 Å². The van der Waals surface area contributed by atoms with Gasteiger partial charge in [-0.25, -0.2) is 0 Å². The molecule has 110 valence electrons. The van der Waals surface area contributed by atoms with Crippen LogP contribution < -0.4 is 10.1 Å². The molecule has 0 aliphatic heterocycles. The average molecular weight is 352 g/mol. The van der Waals surface area contributed by atoms with Crippen LogP contribution in [-0.4, -0.2) is 18.6 Å². The lowest BCUT2D eigenvalue weighted by Crippen LogP contribution is -2.41. The summed E-state index contributed by atoms with van der Waals surface area (Å²) in [6.45, 7) is -0.295. The van der Waals surface area contributed by atoms with Crippen molar-refractivity contribution in [2.24, 2.45) is 0 Å². The van der Waals surface area contributed by atoms with Gasteiger partial charge in [-0.05, 0) is 53.4 Å². The Morgan fingerprint density at radius 1 is 1.40 bits per heavy atom. The molecule has 1 fully saturated rings. The van der Waals surface area contributed by atoms with Crippen LogP contribution in [0.2, 0.25) is 0 Å². The molecule has 0 aromatic heterocycles. The molecule has 0 spiro atoms. The third-order valence-electron chi connectivity index (χ3n) is 3.09. The van der Waals surface area contributed by atoms with E-state index in [2.05, 4.69) is 21.2 Å². The lowest BCUT2D eigenvalue weighted by molar-refractivity contribution is -0.137. The first kappa shape index (κ1) is 15.2. The molecule has 1 N–H and O–H groups in total. The van der Waals surface area contributed by atoms with Gasteiger partial charge in [0.2, 0.25) is 0 Å². The molecular formula is C13H13BrF3NO2. The normalized spacial score (nSPS) is 15.6. The number of halogens is 4. The Hall–Kier alpha value is -1.24. The summed E-state index contributed by atoms with van der Waals surface area (Å²) in [5.41, 5.74) is -0.810. The first-order valence-corrected chi connectivity index (χ1v) is 6.94. The Balaban J connectivity index is 1.95. The van der Waals surface area contributed by atoms with E-state index in [0.717, 1.165) is 31.4 Å². The maximum atomic E-state index is 12.6. The van der Waals surface area contributed by atoms with Crippen molar-refractivity contribution in [1.29, 1.82) is 0 Å². The molecule has 1 aromatic carbocycles. The molecule has 1 aliphatic carbocycles. The third kappa shape index (κ3) is 3.88. The predicted octanol–water partition coefficient (Wildman–Crippen LogP) is 3.52. The number of carbonyl (C=O) groups excluding carboxylic acids is 1. The van der Waals surface area contributed by atoms with Gasteiger partial charge in [0.15, 0.2) is 6.61 Å². The molecule has 0 bridgehead atoms. The van der Waals surface area contributed by atoms with Crippen LogP contribution in [0.1, 0.15) is 24.8 Å². The van der Waals surface area contributed by atoms with Crippen LogP contribution in [0, 0.1) is 0 Å². The Labute approximate surface area is 122 Å². The largest absolute Gasteiger partial charge is 0.483 e. The molecule has 1 aliphatic rings. The van der Waals surface area contributed by atoms with Crippen LogP contribution in [0.15, 0.2) is 22.7 Å². The number of hydrogen-bond donors (Lipinski definition) is 1. The Morgan fingerprint density at radius 3 is 2.65 bits per heavy atom. The first-order chi connectivity index (χ1) is 9.36. The molecule has 0 radical (unpaired) electrons. The van der Waals surface area contributed by atoms with Crippen LogP contribution in [0.3, 0.4) is 0 Å². The van der Waals surface area contributed by atoms with Crippen LogP contribution in [0.25, 0.3) is 0 Å². The number of alkyl halides is 3. The highest BCUT2D eigenvalue weighted by Gasteiger charge is 2.31. The molecule has 1 aromatic rings. The van der Waals surface area contributed by atoms with Gasteiger partial charge in [0.05, 0.1) is 10.0 Å². The summed E-state index contributed by atoms with van der Waals surface area (Å²) in [5.74, 6) is -0.317. The highest BCUT2D eigenvalue weighted by Crippen LogP contribution is 2.35. The molecule has 0 saturated heterocycles. The maximum absolute atomic E-state index is 12.6. The lowest BCUT2D eigenvalue weighted by atomic mass is 9.93. The van der Waals surface area contributed by atoms with Crippen LogP contribution in [-0.2, 0) is 11.0 Å². The Kier molecular flexibility index (Phi) is 4.57. The van der Waals surface area contributed by atoms with E-state index in [1.54, 1.807) is 0 Å². The lowest BCUT2D eigenvalue weighted by Gasteiger charge is -2.26. The van der Waals surface area contributed by atoms with E-state index in [1.807, 2.05) is 0 Å². The highest BCUT2D eigenvalue weighted by molar-refractivity contribution is 9.10. The number of hydrogen-bond acceptors (Lipinski definition) is 2. The molecule has 2 rings (SSSR count). The van der Waals surface area contributed by atoms with E-state index >= 15 is 0 Å². The van der Waals surface area contributed by atoms with Gasteiger partial charge in [-0.3, -0.25) is 4.79 Å². The quantitative estimate of drug-likeness (QED) is 0.901. The second-order valence-corrected chi connectivity index (χ2v) is 5.48. The van der Waals surface area contributed by atoms with Crippen molar-refractivity contribution in [2.45, 2.75) is 31.5 Å². The molecule has 1 amide bonds. The number of rotatable bonds is 4. The zero-order chi connectivity index (χ0) is 14.8. The summed E-state index contributed by atoms with van der Waals surface area (Å²) in [4.78, 5) is 11.5. The smallest absolute Gasteiger partial charge is 0.416 e. The van der Waals surface area contributed by atoms with E-state index in [4.69, 9.17) is 4.74 Å². The Morgan fingerprint density at radius 2 is 2.10 bits per heavy atom. The molecule has 1 saturated carbocycles. The maximum Gasteiger partial charge on any atom is 0.416 e. The summed E-state index contributed by atoms with van der Waals surface area (Å²) >= 11 is 3.10. The zero-order valence-electron chi connectivity index (χ0n) is 10.5. The summed E-state index contributed by atoms with van der Waals surface area (Å²) in [6, 6.07) is 3.25. The average Bonchev–Trinajstić information content (AvgIpc) is 2.31. The molecule has 20 heavy (non-hydrogen) atoms. The number of carbonyl (C=O) groups is 1. The van der Waals surface area contributed by atoms with E-state index in [1.165, 1.54) is 6.07 Å². The standard InChI is InChI=1S/C13H13BrF3NO2/c14-10-5-4-8(13(15,16)17)6-11(10)20-7-12(19)18-9-2-1-3-9/h4-6,9H,1-3,7H2,(H,18,19). The van der Waals surface area contributed by atoms with Crippen molar-refractivity contribution in [1.82, 2.24) is 5.32 Å². The van der Waals surface area contributed by atoms with Crippen molar-refractivity contribution >= 4 is 21.8 Å². The molecule has 0 unspecified atom stereocenters. The van der Waals surface area contributed by atoms with Gasteiger partial charge in [-0.2, -0.15) is 13.2 Å². The van der Waals surface area contributed by atoms with Gasteiger partial charge in [-0.1, -0.05) is 0 Å². The number of benzene rings is 1. The molecule has 7 heteroatoms. The van der Waals surface area contributed by atoms with Gasteiger partial charge in [0, 0.05) is 6.04 Å².